The quantitative estimate of drug-likeness (QED) is 0.651. The number of methoxy groups -OCH3 is 1. The molecule has 7 nitrogen and oxygen atoms in total. The van der Waals surface area contributed by atoms with E-state index in [2.05, 4.69) is 10.2 Å². The van der Waals surface area contributed by atoms with Crippen molar-refractivity contribution in [2.45, 2.75) is 6.04 Å². The second-order valence-corrected chi connectivity index (χ2v) is 8.35. The van der Waals surface area contributed by atoms with Crippen LogP contribution in [0.15, 0.2) is 66.9 Å². The van der Waals surface area contributed by atoms with Gasteiger partial charge in [0.25, 0.3) is 0 Å². The van der Waals surface area contributed by atoms with Gasteiger partial charge in [0.2, 0.25) is 0 Å². The van der Waals surface area contributed by atoms with Crippen molar-refractivity contribution in [3.63, 3.8) is 0 Å². The van der Waals surface area contributed by atoms with Gasteiger partial charge in [0.05, 0.1) is 25.4 Å². The molecule has 3 aromatic rings. The maximum absolute atomic E-state index is 13.4. The van der Waals surface area contributed by atoms with E-state index in [0.717, 1.165) is 5.56 Å². The van der Waals surface area contributed by atoms with Crippen molar-refractivity contribution in [1.82, 2.24) is 10.2 Å². The van der Waals surface area contributed by atoms with Crippen LogP contribution in [0, 0.1) is 0 Å². The molecule has 4 rings (SSSR count). The summed E-state index contributed by atoms with van der Waals surface area (Å²) in [4.78, 5) is 0. The van der Waals surface area contributed by atoms with Crippen LogP contribution in [-0.2, 0) is 10.2 Å². The van der Waals surface area contributed by atoms with Gasteiger partial charge >= 0.3 is 10.2 Å². The molecule has 0 radical (unpaired) electrons. The number of nitrogens with zero attached hydrogens (tertiary/aromatic N) is 4. The van der Waals surface area contributed by atoms with E-state index in [-0.39, 0.29) is 12.4 Å². The van der Waals surface area contributed by atoms with Crippen molar-refractivity contribution < 1.29 is 13.2 Å². The third-order valence-corrected chi connectivity index (χ3v) is 6.63. The number of benzene rings is 2. The zero-order chi connectivity index (χ0) is 19.7. The summed E-state index contributed by atoms with van der Waals surface area (Å²) in [5.41, 5.74) is 1.33. The minimum absolute atomic E-state index is 0.191. The van der Waals surface area contributed by atoms with Gasteiger partial charge in [-0.1, -0.05) is 23.7 Å². The van der Waals surface area contributed by atoms with Crippen molar-refractivity contribution in [2.24, 2.45) is 0 Å². The van der Waals surface area contributed by atoms with E-state index < -0.39 is 16.3 Å². The number of hydrogen-bond acceptors (Lipinski definition) is 5. The molecule has 2 heterocycles. The fraction of sp³-hybridized carbons (Fsp3) is 0.158. The first-order valence-electron chi connectivity index (χ1n) is 8.50. The van der Waals surface area contributed by atoms with Gasteiger partial charge in [0.15, 0.2) is 5.82 Å². The number of hydrogen-bond donors (Lipinski definition) is 0. The average Bonchev–Trinajstić information content (AvgIpc) is 3.00. The summed E-state index contributed by atoms with van der Waals surface area (Å²) in [7, 11) is -2.31. The lowest BCUT2D eigenvalue weighted by Gasteiger charge is -2.24. The summed E-state index contributed by atoms with van der Waals surface area (Å²) in [6.07, 6.45) is 1.50. The Morgan fingerprint density at radius 2 is 1.89 bits per heavy atom. The smallest absolute Gasteiger partial charge is 0.328 e. The van der Waals surface area contributed by atoms with Crippen LogP contribution in [0.25, 0.3) is 0 Å². The van der Waals surface area contributed by atoms with Crippen molar-refractivity contribution in [3.8, 4) is 5.75 Å². The summed E-state index contributed by atoms with van der Waals surface area (Å²) in [5, 5.41) is 8.33. The molecule has 1 fully saturated rings. The molecule has 9 heteroatoms. The van der Waals surface area contributed by atoms with Crippen molar-refractivity contribution in [3.05, 3.63) is 77.4 Å². The SMILES string of the molecule is COc1cccc([C@H]2CN(c3cccnn3)S(=O)(=O)N2c2ccc(Cl)cc2)c1. The standard InChI is InChI=1S/C19H17ClN4O3S/c1-27-17-5-2-4-14(12-17)18-13-23(19-6-3-11-21-22-19)28(25,26)24(18)16-9-7-15(20)8-10-16/h2-12,18H,13H2,1H3/t18-/m1/s1. The van der Waals surface area contributed by atoms with E-state index in [1.165, 1.54) is 14.8 Å². The highest BCUT2D eigenvalue weighted by Gasteiger charge is 2.45. The van der Waals surface area contributed by atoms with Crippen LogP contribution in [0.2, 0.25) is 5.02 Å². The van der Waals surface area contributed by atoms with Gasteiger partial charge in [-0.2, -0.15) is 13.5 Å². The Kier molecular flexibility index (Phi) is 4.82. The fourth-order valence-corrected chi connectivity index (χ4v) is 5.12. The normalized spacial score (nSPS) is 18.3. The number of anilines is 2. The molecule has 1 saturated heterocycles. The van der Waals surface area contributed by atoms with E-state index in [1.54, 1.807) is 43.5 Å². The highest BCUT2D eigenvalue weighted by Crippen LogP contribution is 2.40. The highest BCUT2D eigenvalue weighted by atomic mass is 35.5. The summed E-state index contributed by atoms with van der Waals surface area (Å²) in [6, 6.07) is 16.9. The molecular formula is C19H17ClN4O3S. The summed E-state index contributed by atoms with van der Waals surface area (Å²) in [5.74, 6) is 0.927. The Labute approximate surface area is 168 Å². The molecule has 1 atom stereocenters. The monoisotopic (exact) mass is 416 g/mol. The molecule has 0 spiro atoms. The summed E-state index contributed by atoms with van der Waals surface area (Å²) in [6.45, 7) is 0.191. The molecule has 0 amide bonds. The van der Waals surface area contributed by atoms with Crippen LogP contribution in [0.1, 0.15) is 11.6 Å². The van der Waals surface area contributed by atoms with E-state index in [0.29, 0.717) is 16.5 Å². The second kappa shape index (κ2) is 7.29. The first kappa shape index (κ1) is 18.5. The Hall–Kier alpha value is -2.84. The molecule has 2 aromatic carbocycles. The maximum Gasteiger partial charge on any atom is 0.328 e. The first-order chi connectivity index (χ1) is 13.5. The van der Waals surface area contributed by atoms with Gasteiger partial charge in [-0.3, -0.25) is 0 Å². The average molecular weight is 417 g/mol. The zero-order valence-electron chi connectivity index (χ0n) is 14.9. The Bertz CT molecular complexity index is 1080. The number of halogens is 1. The van der Waals surface area contributed by atoms with Crippen molar-refractivity contribution in [2.75, 3.05) is 22.3 Å². The minimum atomic E-state index is -3.88. The van der Waals surface area contributed by atoms with Crippen molar-refractivity contribution >= 4 is 33.3 Å². The van der Waals surface area contributed by atoms with Gasteiger partial charge in [-0.25, -0.2) is 8.61 Å². The Morgan fingerprint density at radius 3 is 2.57 bits per heavy atom. The zero-order valence-corrected chi connectivity index (χ0v) is 16.5. The predicted molar refractivity (Wildman–Crippen MR) is 108 cm³/mol. The number of aromatic nitrogens is 2. The van der Waals surface area contributed by atoms with E-state index in [9.17, 15) is 8.42 Å². The molecule has 28 heavy (non-hydrogen) atoms. The van der Waals surface area contributed by atoms with Crippen LogP contribution < -0.4 is 13.3 Å². The molecule has 0 bridgehead atoms. The lowest BCUT2D eigenvalue weighted by molar-refractivity contribution is 0.414. The summed E-state index contributed by atoms with van der Waals surface area (Å²) < 4.78 is 34.8. The molecule has 0 saturated carbocycles. The first-order valence-corrected chi connectivity index (χ1v) is 10.3. The van der Waals surface area contributed by atoms with Gasteiger partial charge in [-0.05, 0) is 54.1 Å². The summed E-state index contributed by atoms with van der Waals surface area (Å²) >= 11 is 5.99. The van der Waals surface area contributed by atoms with Crippen LogP contribution in [0.3, 0.4) is 0 Å². The Morgan fingerprint density at radius 1 is 1.11 bits per heavy atom. The highest BCUT2D eigenvalue weighted by molar-refractivity contribution is 7.94. The van der Waals surface area contributed by atoms with Gasteiger partial charge < -0.3 is 4.74 Å². The van der Waals surface area contributed by atoms with E-state index in [1.807, 2.05) is 24.3 Å². The third-order valence-electron chi connectivity index (χ3n) is 4.52. The maximum atomic E-state index is 13.4. The minimum Gasteiger partial charge on any atom is -0.497 e. The van der Waals surface area contributed by atoms with Crippen LogP contribution in [0.5, 0.6) is 5.75 Å². The Balaban J connectivity index is 1.85. The molecule has 0 unspecified atom stereocenters. The third kappa shape index (κ3) is 3.25. The fourth-order valence-electron chi connectivity index (χ4n) is 3.22. The topological polar surface area (TPSA) is 75.6 Å². The van der Waals surface area contributed by atoms with Gasteiger partial charge in [-0.15, -0.1) is 5.10 Å². The lowest BCUT2D eigenvalue weighted by Crippen LogP contribution is -2.34. The second-order valence-electron chi connectivity index (χ2n) is 6.19. The van der Waals surface area contributed by atoms with E-state index >= 15 is 0 Å². The molecule has 1 aliphatic rings. The number of ether oxygens (including phenoxy) is 1. The van der Waals surface area contributed by atoms with E-state index in [4.69, 9.17) is 16.3 Å². The molecule has 1 aliphatic heterocycles. The molecule has 0 N–H and O–H groups in total. The largest absolute Gasteiger partial charge is 0.497 e. The van der Waals surface area contributed by atoms with Crippen LogP contribution >= 0.6 is 11.6 Å². The predicted octanol–water partition coefficient (Wildman–Crippen LogP) is 3.45. The number of rotatable bonds is 4. The molecule has 144 valence electrons. The van der Waals surface area contributed by atoms with Gasteiger partial charge in [0.1, 0.15) is 5.75 Å². The van der Waals surface area contributed by atoms with Gasteiger partial charge in [0, 0.05) is 11.2 Å². The van der Waals surface area contributed by atoms with Crippen LogP contribution in [0.4, 0.5) is 11.5 Å². The molecule has 0 aliphatic carbocycles. The molecule has 1 aromatic heterocycles. The van der Waals surface area contributed by atoms with Crippen LogP contribution in [-0.4, -0.2) is 32.3 Å². The lowest BCUT2D eigenvalue weighted by atomic mass is 10.1. The van der Waals surface area contributed by atoms with Crippen molar-refractivity contribution in [1.29, 1.82) is 0 Å². The molecular weight excluding hydrogens is 400 g/mol.